The van der Waals surface area contributed by atoms with Crippen LogP contribution in [0.25, 0.3) is 0 Å². The molecule has 3 heteroatoms. The van der Waals surface area contributed by atoms with Crippen molar-refractivity contribution in [2.24, 2.45) is 11.8 Å². The van der Waals surface area contributed by atoms with Gasteiger partial charge in [-0.15, -0.1) is 0 Å². The van der Waals surface area contributed by atoms with Gasteiger partial charge in [-0.1, -0.05) is 19.0 Å². The van der Waals surface area contributed by atoms with E-state index in [-0.39, 0.29) is 0 Å². The van der Waals surface area contributed by atoms with Crippen molar-refractivity contribution in [2.45, 2.75) is 59.5 Å². The van der Waals surface area contributed by atoms with Crippen molar-refractivity contribution in [3.63, 3.8) is 0 Å². The minimum atomic E-state index is 0.347. The fourth-order valence-electron chi connectivity index (χ4n) is 2.89. The molecule has 1 saturated carbocycles. The standard InChI is InChI=1S/C14H24N2O/c1-8(2)12-6-13(7-12)15-9(3)14-10(4)16-17-11(14)5/h8-9,12-13,15H,6-7H2,1-5H3. The molecule has 1 aliphatic carbocycles. The smallest absolute Gasteiger partial charge is 0.138 e. The summed E-state index contributed by atoms with van der Waals surface area (Å²) in [7, 11) is 0. The van der Waals surface area contributed by atoms with Crippen molar-refractivity contribution in [1.82, 2.24) is 10.5 Å². The second-order valence-electron chi connectivity index (χ2n) is 5.80. The van der Waals surface area contributed by atoms with Crippen molar-refractivity contribution >= 4 is 0 Å². The largest absolute Gasteiger partial charge is 0.361 e. The van der Waals surface area contributed by atoms with Crippen LogP contribution in [0.4, 0.5) is 0 Å². The van der Waals surface area contributed by atoms with Crippen LogP contribution in [0.3, 0.4) is 0 Å². The summed E-state index contributed by atoms with van der Waals surface area (Å²) >= 11 is 0. The summed E-state index contributed by atoms with van der Waals surface area (Å²) in [6.07, 6.45) is 2.62. The van der Waals surface area contributed by atoms with Crippen LogP contribution in [0.5, 0.6) is 0 Å². The van der Waals surface area contributed by atoms with Crippen molar-refractivity contribution in [3.8, 4) is 0 Å². The minimum Gasteiger partial charge on any atom is -0.361 e. The van der Waals surface area contributed by atoms with Crippen LogP contribution in [0.2, 0.25) is 0 Å². The first-order chi connectivity index (χ1) is 7.99. The lowest BCUT2D eigenvalue weighted by molar-refractivity contribution is 0.159. The third kappa shape index (κ3) is 2.54. The molecule has 1 fully saturated rings. The molecule has 1 aromatic rings. The van der Waals surface area contributed by atoms with Crippen molar-refractivity contribution in [3.05, 3.63) is 17.0 Å². The molecule has 0 aliphatic heterocycles. The van der Waals surface area contributed by atoms with E-state index in [0.29, 0.717) is 12.1 Å². The second kappa shape index (κ2) is 4.81. The molecule has 1 aromatic heterocycles. The lowest BCUT2D eigenvalue weighted by Crippen LogP contribution is -2.44. The van der Waals surface area contributed by atoms with Gasteiger partial charge in [-0.3, -0.25) is 0 Å². The quantitative estimate of drug-likeness (QED) is 0.871. The van der Waals surface area contributed by atoms with E-state index in [0.717, 1.165) is 23.3 Å². The van der Waals surface area contributed by atoms with Gasteiger partial charge in [0.1, 0.15) is 5.76 Å². The van der Waals surface area contributed by atoms with Gasteiger partial charge in [0.05, 0.1) is 5.69 Å². The van der Waals surface area contributed by atoms with Crippen LogP contribution in [-0.2, 0) is 0 Å². The molecule has 0 aromatic carbocycles. The first-order valence-corrected chi connectivity index (χ1v) is 6.67. The third-order valence-electron chi connectivity index (χ3n) is 4.12. The Bertz CT molecular complexity index is 358. The van der Waals surface area contributed by atoms with Crippen molar-refractivity contribution in [1.29, 1.82) is 0 Å². The van der Waals surface area contributed by atoms with Gasteiger partial charge in [-0.2, -0.15) is 0 Å². The van der Waals surface area contributed by atoms with Gasteiger partial charge in [0.15, 0.2) is 0 Å². The monoisotopic (exact) mass is 236 g/mol. The Hall–Kier alpha value is -0.830. The molecule has 0 spiro atoms. The van der Waals surface area contributed by atoms with Gasteiger partial charge in [0, 0.05) is 17.6 Å². The van der Waals surface area contributed by atoms with E-state index in [9.17, 15) is 0 Å². The number of hydrogen-bond acceptors (Lipinski definition) is 3. The zero-order valence-electron chi connectivity index (χ0n) is 11.6. The lowest BCUT2D eigenvalue weighted by Gasteiger charge is -2.40. The van der Waals surface area contributed by atoms with Crippen LogP contribution in [0, 0.1) is 25.7 Å². The van der Waals surface area contributed by atoms with Gasteiger partial charge in [0.25, 0.3) is 0 Å². The molecule has 1 N–H and O–H groups in total. The highest BCUT2D eigenvalue weighted by atomic mass is 16.5. The number of aryl methyl sites for hydroxylation is 2. The molecular weight excluding hydrogens is 212 g/mol. The molecule has 1 unspecified atom stereocenters. The van der Waals surface area contributed by atoms with Gasteiger partial charge in [0.2, 0.25) is 0 Å². The maximum absolute atomic E-state index is 5.22. The molecule has 0 saturated heterocycles. The summed E-state index contributed by atoms with van der Waals surface area (Å²) in [6.45, 7) is 10.8. The zero-order chi connectivity index (χ0) is 12.6. The van der Waals surface area contributed by atoms with Gasteiger partial charge in [-0.25, -0.2) is 0 Å². The highest BCUT2D eigenvalue weighted by molar-refractivity contribution is 5.24. The molecule has 0 amide bonds. The Morgan fingerprint density at radius 1 is 1.24 bits per heavy atom. The fraction of sp³-hybridized carbons (Fsp3) is 0.786. The Morgan fingerprint density at radius 3 is 2.35 bits per heavy atom. The molecule has 1 atom stereocenters. The maximum atomic E-state index is 5.22. The molecule has 96 valence electrons. The maximum Gasteiger partial charge on any atom is 0.138 e. The SMILES string of the molecule is Cc1noc(C)c1C(C)NC1CC(C(C)C)C1. The lowest BCUT2D eigenvalue weighted by atomic mass is 9.73. The average molecular weight is 236 g/mol. The second-order valence-corrected chi connectivity index (χ2v) is 5.80. The van der Waals surface area contributed by atoms with E-state index in [2.05, 4.69) is 31.2 Å². The Labute approximate surface area is 104 Å². The topological polar surface area (TPSA) is 38.1 Å². The van der Waals surface area contributed by atoms with Crippen molar-refractivity contribution in [2.75, 3.05) is 0 Å². The summed E-state index contributed by atoms with van der Waals surface area (Å²) in [5.74, 6) is 2.68. The minimum absolute atomic E-state index is 0.347. The number of nitrogens with one attached hydrogen (secondary N) is 1. The predicted molar refractivity (Wildman–Crippen MR) is 68.9 cm³/mol. The first-order valence-electron chi connectivity index (χ1n) is 6.67. The Balaban J connectivity index is 1.89. The van der Waals surface area contributed by atoms with Crippen molar-refractivity contribution < 1.29 is 4.52 Å². The molecule has 2 rings (SSSR count). The Morgan fingerprint density at radius 2 is 1.88 bits per heavy atom. The van der Waals surface area contributed by atoms with Crippen LogP contribution in [0.15, 0.2) is 4.52 Å². The third-order valence-corrected chi connectivity index (χ3v) is 4.12. The van der Waals surface area contributed by atoms with E-state index in [1.54, 1.807) is 0 Å². The fourth-order valence-corrected chi connectivity index (χ4v) is 2.89. The van der Waals surface area contributed by atoms with Crippen LogP contribution >= 0.6 is 0 Å². The highest BCUT2D eigenvalue weighted by Crippen LogP contribution is 2.35. The predicted octanol–water partition coefficient (Wildman–Crippen LogP) is 3.38. The first kappa shape index (κ1) is 12.6. The number of aromatic nitrogens is 1. The van der Waals surface area contributed by atoms with Crippen LogP contribution in [-0.4, -0.2) is 11.2 Å². The van der Waals surface area contributed by atoms with E-state index in [4.69, 9.17) is 4.52 Å². The average Bonchev–Trinajstić information content (AvgIpc) is 2.50. The summed E-state index contributed by atoms with van der Waals surface area (Å²) < 4.78 is 5.22. The van der Waals surface area contributed by atoms with E-state index >= 15 is 0 Å². The van der Waals surface area contributed by atoms with Gasteiger partial charge in [-0.05, 0) is 45.4 Å². The molecule has 3 nitrogen and oxygen atoms in total. The highest BCUT2D eigenvalue weighted by Gasteiger charge is 2.32. The van der Waals surface area contributed by atoms with Gasteiger partial charge >= 0.3 is 0 Å². The summed E-state index contributed by atoms with van der Waals surface area (Å²) in [5, 5.41) is 7.70. The van der Waals surface area contributed by atoms with E-state index < -0.39 is 0 Å². The molecule has 0 radical (unpaired) electrons. The van der Waals surface area contributed by atoms with Gasteiger partial charge < -0.3 is 9.84 Å². The van der Waals surface area contributed by atoms with Crippen LogP contribution in [0.1, 0.15) is 56.7 Å². The molecule has 0 bridgehead atoms. The van der Waals surface area contributed by atoms with E-state index in [1.165, 1.54) is 18.4 Å². The normalized spacial score (nSPS) is 26.0. The summed E-state index contributed by atoms with van der Waals surface area (Å²) in [5.41, 5.74) is 2.25. The number of rotatable bonds is 4. The molecular formula is C14H24N2O. The van der Waals surface area contributed by atoms with E-state index in [1.807, 2.05) is 13.8 Å². The summed E-state index contributed by atoms with van der Waals surface area (Å²) in [6, 6.07) is 1.02. The zero-order valence-corrected chi connectivity index (χ0v) is 11.6. The molecule has 1 aliphatic rings. The number of hydrogen-bond donors (Lipinski definition) is 1. The molecule has 1 heterocycles. The summed E-state index contributed by atoms with van der Waals surface area (Å²) in [4.78, 5) is 0. The molecule has 17 heavy (non-hydrogen) atoms. The Kier molecular flexibility index (Phi) is 3.57. The van der Waals surface area contributed by atoms with Crippen LogP contribution < -0.4 is 5.32 Å². The number of nitrogens with zero attached hydrogens (tertiary/aromatic N) is 1.